The van der Waals surface area contributed by atoms with E-state index >= 15 is 0 Å². The molecular formula is C16H18N4O3. The SMILES string of the molecule is Cc1cc(C(=O)N2CCC(NC(=O)c3ccncc3)CC2)no1. The van der Waals surface area contributed by atoms with Crippen LogP contribution in [0.5, 0.6) is 0 Å². The summed E-state index contributed by atoms with van der Waals surface area (Å²) in [6, 6.07) is 5.07. The molecule has 0 saturated carbocycles. The summed E-state index contributed by atoms with van der Waals surface area (Å²) >= 11 is 0. The third kappa shape index (κ3) is 3.56. The van der Waals surface area contributed by atoms with Crippen LogP contribution in [0.1, 0.15) is 39.4 Å². The van der Waals surface area contributed by atoms with E-state index in [1.807, 2.05) is 0 Å². The summed E-state index contributed by atoms with van der Waals surface area (Å²) in [6.07, 6.45) is 4.63. The second-order valence-electron chi connectivity index (χ2n) is 5.60. The highest BCUT2D eigenvalue weighted by Gasteiger charge is 2.26. The van der Waals surface area contributed by atoms with Crippen LogP contribution in [0, 0.1) is 6.92 Å². The van der Waals surface area contributed by atoms with Crippen molar-refractivity contribution in [2.45, 2.75) is 25.8 Å². The number of rotatable bonds is 3. The average molecular weight is 314 g/mol. The molecule has 2 aromatic rings. The Kier molecular flexibility index (Phi) is 4.36. The smallest absolute Gasteiger partial charge is 0.276 e. The van der Waals surface area contributed by atoms with Gasteiger partial charge in [-0.1, -0.05) is 5.16 Å². The van der Waals surface area contributed by atoms with E-state index in [0.717, 1.165) is 12.8 Å². The van der Waals surface area contributed by atoms with Crippen LogP contribution in [0.2, 0.25) is 0 Å². The van der Waals surface area contributed by atoms with E-state index in [4.69, 9.17) is 4.52 Å². The van der Waals surface area contributed by atoms with E-state index in [1.165, 1.54) is 0 Å². The van der Waals surface area contributed by atoms with E-state index in [0.29, 0.717) is 30.1 Å². The number of nitrogens with one attached hydrogen (secondary N) is 1. The molecule has 0 spiro atoms. The number of piperidine rings is 1. The Morgan fingerprint density at radius 3 is 2.57 bits per heavy atom. The van der Waals surface area contributed by atoms with Gasteiger partial charge in [-0.2, -0.15) is 0 Å². The van der Waals surface area contributed by atoms with E-state index in [-0.39, 0.29) is 17.9 Å². The number of amides is 2. The predicted octanol–water partition coefficient (Wildman–Crippen LogP) is 1.41. The maximum atomic E-state index is 12.3. The van der Waals surface area contributed by atoms with Crippen molar-refractivity contribution in [1.29, 1.82) is 0 Å². The fourth-order valence-electron chi connectivity index (χ4n) is 2.63. The summed E-state index contributed by atoms with van der Waals surface area (Å²) in [5.41, 5.74) is 0.929. The zero-order valence-electron chi connectivity index (χ0n) is 12.9. The Bertz CT molecular complexity index is 690. The van der Waals surface area contributed by atoms with Crippen LogP contribution in [-0.4, -0.2) is 46.0 Å². The second-order valence-corrected chi connectivity index (χ2v) is 5.60. The van der Waals surface area contributed by atoms with Crippen molar-refractivity contribution in [3.63, 3.8) is 0 Å². The van der Waals surface area contributed by atoms with Gasteiger partial charge in [0.15, 0.2) is 5.69 Å². The molecule has 0 atom stereocenters. The minimum Gasteiger partial charge on any atom is -0.361 e. The molecule has 0 radical (unpaired) electrons. The molecule has 2 amide bonds. The number of nitrogens with zero attached hydrogens (tertiary/aromatic N) is 3. The van der Waals surface area contributed by atoms with E-state index in [1.54, 1.807) is 42.4 Å². The molecule has 2 aromatic heterocycles. The molecule has 1 N–H and O–H groups in total. The molecule has 23 heavy (non-hydrogen) atoms. The highest BCUT2D eigenvalue weighted by atomic mass is 16.5. The van der Waals surface area contributed by atoms with Crippen molar-refractivity contribution in [3.05, 3.63) is 47.6 Å². The fraction of sp³-hybridized carbons (Fsp3) is 0.375. The van der Waals surface area contributed by atoms with Gasteiger partial charge >= 0.3 is 0 Å². The van der Waals surface area contributed by atoms with Crippen molar-refractivity contribution in [2.75, 3.05) is 13.1 Å². The van der Waals surface area contributed by atoms with Crippen molar-refractivity contribution >= 4 is 11.8 Å². The number of hydrogen-bond acceptors (Lipinski definition) is 5. The van der Waals surface area contributed by atoms with Crippen molar-refractivity contribution < 1.29 is 14.1 Å². The average Bonchev–Trinajstić information content (AvgIpc) is 3.02. The van der Waals surface area contributed by atoms with Gasteiger partial charge in [-0.05, 0) is 31.9 Å². The zero-order valence-corrected chi connectivity index (χ0v) is 12.9. The number of aromatic nitrogens is 2. The van der Waals surface area contributed by atoms with Gasteiger partial charge in [0.05, 0.1) is 0 Å². The molecule has 3 heterocycles. The quantitative estimate of drug-likeness (QED) is 0.925. The molecule has 0 unspecified atom stereocenters. The van der Waals surface area contributed by atoms with Crippen LogP contribution >= 0.6 is 0 Å². The summed E-state index contributed by atoms with van der Waals surface area (Å²) in [5, 5.41) is 6.76. The molecular weight excluding hydrogens is 296 g/mol. The zero-order chi connectivity index (χ0) is 16.2. The second kappa shape index (κ2) is 6.60. The Labute approximate surface area is 133 Å². The number of aryl methyl sites for hydroxylation is 1. The molecule has 1 fully saturated rings. The molecule has 0 bridgehead atoms. The molecule has 120 valence electrons. The van der Waals surface area contributed by atoms with Crippen molar-refractivity contribution in [2.24, 2.45) is 0 Å². The number of carbonyl (C=O) groups is 2. The first-order valence-electron chi connectivity index (χ1n) is 7.57. The molecule has 1 aliphatic heterocycles. The number of carbonyl (C=O) groups excluding carboxylic acids is 2. The van der Waals surface area contributed by atoms with Gasteiger partial charge in [-0.15, -0.1) is 0 Å². The summed E-state index contributed by atoms with van der Waals surface area (Å²) < 4.78 is 4.94. The first-order valence-corrected chi connectivity index (χ1v) is 7.57. The van der Waals surface area contributed by atoms with Gasteiger partial charge in [-0.25, -0.2) is 0 Å². The lowest BCUT2D eigenvalue weighted by molar-refractivity contribution is 0.0688. The van der Waals surface area contributed by atoms with Gasteiger partial charge in [0.1, 0.15) is 5.76 Å². The largest absolute Gasteiger partial charge is 0.361 e. The molecule has 0 aromatic carbocycles. The standard InChI is InChI=1S/C16H18N4O3/c1-11-10-14(19-23-11)16(22)20-8-4-13(5-9-20)18-15(21)12-2-6-17-7-3-12/h2-3,6-7,10,13H,4-5,8-9H2,1H3,(H,18,21). The Hall–Kier alpha value is -2.70. The number of pyridine rings is 1. The Morgan fingerprint density at radius 1 is 1.26 bits per heavy atom. The van der Waals surface area contributed by atoms with Gasteiger partial charge in [0, 0.05) is 43.2 Å². The van der Waals surface area contributed by atoms with Crippen LogP contribution in [0.25, 0.3) is 0 Å². The number of hydrogen-bond donors (Lipinski definition) is 1. The maximum absolute atomic E-state index is 12.3. The third-order valence-corrected chi connectivity index (χ3v) is 3.91. The van der Waals surface area contributed by atoms with Gasteiger partial charge in [-0.3, -0.25) is 14.6 Å². The lowest BCUT2D eigenvalue weighted by Crippen LogP contribution is -2.46. The molecule has 7 nitrogen and oxygen atoms in total. The van der Waals surface area contributed by atoms with Crippen molar-refractivity contribution in [3.8, 4) is 0 Å². The van der Waals surface area contributed by atoms with Crippen LogP contribution in [0.3, 0.4) is 0 Å². The van der Waals surface area contributed by atoms with E-state index in [2.05, 4.69) is 15.5 Å². The molecule has 3 rings (SSSR count). The van der Waals surface area contributed by atoms with Gasteiger partial charge < -0.3 is 14.7 Å². The van der Waals surface area contributed by atoms with Crippen LogP contribution in [-0.2, 0) is 0 Å². The minimum absolute atomic E-state index is 0.0683. The normalized spacial score (nSPS) is 15.4. The first-order chi connectivity index (χ1) is 11.1. The lowest BCUT2D eigenvalue weighted by Gasteiger charge is -2.31. The van der Waals surface area contributed by atoms with E-state index in [9.17, 15) is 9.59 Å². The van der Waals surface area contributed by atoms with E-state index < -0.39 is 0 Å². The van der Waals surface area contributed by atoms with Gasteiger partial charge in [0.25, 0.3) is 11.8 Å². The molecule has 1 saturated heterocycles. The molecule has 0 aliphatic carbocycles. The van der Waals surface area contributed by atoms with Gasteiger partial charge in [0.2, 0.25) is 0 Å². The molecule has 1 aliphatic rings. The summed E-state index contributed by atoms with van der Waals surface area (Å²) in [5.74, 6) is 0.387. The Balaban J connectivity index is 1.52. The summed E-state index contributed by atoms with van der Waals surface area (Å²) in [4.78, 5) is 30.0. The Morgan fingerprint density at radius 2 is 1.96 bits per heavy atom. The third-order valence-electron chi connectivity index (χ3n) is 3.91. The van der Waals surface area contributed by atoms with Crippen LogP contribution in [0.4, 0.5) is 0 Å². The topological polar surface area (TPSA) is 88.3 Å². The first kappa shape index (κ1) is 15.2. The lowest BCUT2D eigenvalue weighted by atomic mass is 10.0. The summed E-state index contributed by atoms with van der Waals surface area (Å²) in [7, 11) is 0. The number of likely N-dealkylation sites (tertiary alicyclic amines) is 1. The fourth-order valence-corrected chi connectivity index (χ4v) is 2.63. The summed E-state index contributed by atoms with van der Waals surface area (Å²) in [6.45, 7) is 2.93. The van der Waals surface area contributed by atoms with Crippen LogP contribution in [0.15, 0.2) is 35.1 Å². The molecule has 7 heteroatoms. The monoisotopic (exact) mass is 314 g/mol. The van der Waals surface area contributed by atoms with Crippen molar-refractivity contribution in [1.82, 2.24) is 20.4 Å². The van der Waals surface area contributed by atoms with Crippen LogP contribution < -0.4 is 5.32 Å². The highest BCUT2D eigenvalue weighted by molar-refractivity contribution is 5.94. The highest BCUT2D eigenvalue weighted by Crippen LogP contribution is 2.14. The predicted molar refractivity (Wildman–Crippen MR) is 81.9 cm³/mol. The minimum atomic E-state index is -0.124. The maximum Gasteiger partial charge on any atom is 0.276 e.